The SMILES string of the molecule is CS(=O)(=O)NC(=O)c1ccc(-c2ccc(OCCC(OC(N)=O)[C@H](O)c3ccc([N+](=O)[O-])cc3)cc2)cc1C1CCCC1. The fourth-order valence-corrected chi connectivity index (χ4v) is 5.67. The Hall–Kier alpha value is -4.49. The summed E-state index contributed by atoms with van der Waals surface area (Å²) in [6, 6.07) is 17.8. The van der Waals surface area contributed by atoms with Gasteiger partial charge < -0.3 is 20.3 Å². The van der Waals surface area contributed by atoms with E-state index in [-0.39, 0.29) is 24.6 Å². The van der Waals surface area contributed by atoms with E-state index in [1.807, 2.05) is 18.2 Å². The number of benzene rings is 3. The summed E-state index contributed by atoms with van der Waals surface area (Å²) in [7, 11) is -3.70. The molecule has 0 saturated heterocycles. The van der Waals surface area contributed by atoms with Crippen LogP contribution in [-0.2, 0) is 14.8 Å². The molecule has 1 aliphatic rings. The fraction of sp³-hybridized carbons (Fsp3) is 0.333. The van der Waals surface area contributed by atoms with Crippen LogP contribution in [0.3, 0.4) is 0 Å². The predicted molar refractivity (Wildman–Crippen MR) is 158 cm³/mol. The molecule has 0 bridgehead atoms. The number of sulfonamides is 1. The summed E-state index contributed by atoms with van der Waals surface area (Å²) in [5, 5.41) is 21.6. The highest BCUT2D eigenvalue weighted by Gasteiger charge is 2.26. The standard InChI is InChI=1S/C30H33N3O9S/c1-43(39,40)32-29(35)25-15-10-22(18-26(25)20-4-2-3-5-20)19-8-13-24(14-9-19)41-17-16-27(42-30(31)36)28(34)21-6-11-23(12-7-21)33(37)38/h6-15,18,20,27-28,34H,2-5,16-17H2,1H3,(H2,31,36)(H,32,35)/t27?,28-/m1/s1. The zero-order chi connectivity index (χ0) is 31.1. The van der Waals surface area contributed by atoms with Crippen molar-refractivity contribution in [3.05, 3.63) is 93.5 Å². The van der Waals surface area contributed by atoms with Crippen molar-refractivity contribution < 1.29 is 37.5 Å². The average molecular weight is 612 g/mol. The molecular weight excluding hydrogens is 578 g/mol. The first kappa shape index (κ1) is 31.4. The van der Waals surface area contributed by atoms with Crippen LogP contribution in [0.25, 0.3) is 11.1 Å². The lowest BCUT2D eigenvalue weighted by Gasteiger charge is -2.22. The van der Waals surface area contributed by atoms with Gasteiger partial charge in [-0.3, -0.25) is 14.9 Å². The first-order chi connectivity index (χ1) is 20.4. The summed E-state index contributed by atoms with van der Waals surface area (Å²) in [6.45, 7) is 0.0668. The number of hydrogen-bond donors (Lipinski definition) is 3. The number of nitro benzene ring substituents is 1. The first-order valence-electron chi connectivity index (χ1n) is 13.7. The molecule has 0 spiro atoms. The number of aliphatic hydroxyl groups excluding tert-OH is 1. The number of nitro groups is 1. The number of nitrogens with zero attached hydrogens (tertiary/aromatic N) is 1. The van der Waals surface area contributed by atoms with Gasteiger partial charge in [0.2, 0.25) is 10.0 Å². The average Bonchev–Trinajstić information content (AvgIpc) is 3.50. The highest BCUT2D eigenvalue weighted by atomic mass is 32.2. The summed E-state index contributed by atoms with van der Waals surface area (Å²) in [4.78, 5) is 34.5. The van der Waals surface area contributed by atoms with Crippen molar-refractivity contribution in [3.8, 4) is 16.9 Å². The summed E-state index contributed by atoms with van der Waals surface area (Å²) >= 11 is 0. The van der Waals surface area contributed by atoms with Gasteiger partial charge in [0.15, 0.2) is 0 Å². The van der Waals surface area contributed by atoms with Crippen LogP contribution in [-0.4, -0.2) is 49.4 Å². The Morgan fingerprint density at radius 1 is 1.05 bits per heavy atom. The number of primary amides is 1. The maximum absolute atomic E-state index is 12.7. The molecule has 1 saturated carbocycles. The smallest absolute Gasteiger partial charge is 0.404 e. The van der Waals surface area contributed by atoms with Gasteiger partial charge in [0.1, 0.15) is 18.0 Å². The lowest BCUT2D eigenvalue weighted by atomic mass is 9.89. The van der Waals surface area contributed by atoms with Crippen LogP contribution < -0.4 is 15.2 Å². The van der Waals surface area contributed by atoms with Gasteiger partial charge in [-0.1, -0.05) is 37.1 Å². The van der Waals surface area contributed by atoms with Gasteiger partial charge in [-0.05, 0) is 71.3 Å². The second kappa shape index (κ2) is 13.7. The van der Waals surface area contributed by atoms with Gasteiger partial charge in [0.05, 0.1) is 17.8 Å². The molecular formula is C30H33N3O9S. The molecule has 0 aliphatic heterocycles. The van der Waals surface area contributed by atoms with E-state index >= 15 is 0 Å². The number of nitrogens with one attached hydrogen (secondary N) is 1. The van der Waals surface area contributed by atoms with E-state index in [2.05, 4.69) is 4.72 Å². The molecule has 0 aromatic heterocycles. The normalized spacial score (nSPS) is 14.9. The predicted octanol–water partition coefficient (Wildman–Crippen LogP) is 4.58. The van der Waals surface area contributed by atoms with Crippen LogP contribution in [0, 0.1) is 10.1 Å². The van der Waals surface area contributed by atoms with Gasteiger partial charge in [0, 0.05) is 24.1 Å². The molecule has 13 heteroatoms. The Morgan fingerprint density at radius 2 is 1.67 bits per heavy atom. The Kier molecular flexibility index (Phi) is 9.99. The van der Waals surface area contributed by atoms with Crippen molar-refractivity contribution in [3.63, 3.8) is 0 Å². The summed E-state index contributed by atoms with van der Waals surface area (Å²) in [6.07, 6.45) is 1.57. The number of rotatable bonds is 12. The topological polar surface area (TPSA) is 188 Å². The molecule has 2 amide bonds. The number of ether oxygens (including phenoxy) is 2. The lowest BCUT2D eigenvalue weighted by Crippen LogP contribution is -2.30. The molecule has 43 heavy (non-hydrogen) atoms. The van der Waals surface area contributed by atoms with Crippen LogP contribution in [0.1, 0.15) is 65.6 Å². The lowest BCUT2D eigenvalue weighted by molar-refractivity contribution is -0.384. The maximum Gasteiger partial charge on any atom is 0.404 e. The highest BCUT2D eigenvalue weighted by molar-refractivity contribution is 7.89. The zero-order valence-electron chi connectivity index (χ0n) is 23.5. The third-order valence-electron chi connectivity index (χ3n) is 7.29. The number of hydrogen-bond acceptors (Lipinski definition) is 9. The number of nitrogens with two attached hydrogens (primary N) is 1. The van der Waals surface area contributed by atoms with Gasteiger partial charge in [-0.25, -0.2) is 17.9 Å². The Labute approximate surface area is 249 Å². The van der Waals surface area contributed by atoms with Crippen LogP contribution >= 0.6 is 0 Å². The van der Waals surface area contributed by atoms with E-state index in [9.17, 15) is 33.2 Å². The van der Waals surface area contributed by atoms with Crippen molar-refractivity contribution >= 4 is 27.7 Å². The van der Waals surface area contributed by atoms with Gasteiger partial charge in [0.25, 0.3) is 11.6 Å². The number of carbonyl (C=O) groups excluding carboxylic acids is 2. The monoisotopic (exact) mass is 611 g/mol. The van der Waals surface area contributed by atoms with Gasteiger partial charge in [-0.15, -0.1) is 0 Å². The third-order valence-corrected chi connectivity index (χ3v) is 7.85. The minimum atomic E-state index is -3.70. The van der Waals surface area contributed by atoms with E-state index in [4.69, 9.17) is 15.2 Å². The Bertz CT molecular complexity index is 1570. The molecule has 228 valence electrons. The summed E-state index contributed by atoms with van der Waals surface area (Å²) < 4.78 is 36.3. The largest absolute Gasteiger partial charge is 0.493 e. The zero-order valence-corrected chi connectivity index (χ0v) is 24.3. The molecule has 4 N–H and O–H groups in total. The van der Waals surface area contributed by atoms with Crippen molar-refractivity contribution in [2.24, 2.45) is 5.73 Å². The van der Waals surface area contributed by atoms with Gasteiger partial charge >= 0.3 is 6.09 Å². The number of aliphatic hydroxyl groups is 1. The first-order valence-corrected chi connectivity index (χ1v) is 15.6. The molecule has 1 fully saturated rings. The summed E-state index contributed by atoms with van der Waals surface area (Å²) in [5.41, 5.74) is 8.26. The molecule has 3 aromatic carbocycles. The Morgan fingerprint density at radius 3 is 2.26 bits per heavy atom. The van der Waals surface area contributed by atoms with E-state index in [1.165, 1.54) is 24.3 Å². The molecule has 4 rings (SSSR count). The van der Waals surface area contributed by atoms with Crippen LogP contribution in [0.2, 0.25) is 0 Å². The minimum absolute atomic E-state index is 0.0668. The van der Waals surface area contributed by atoms with Crippen molar-refractivity contribution in [1.29, 1.82) is 0 Å². The summed E-state index contributed by atoms with van der Waals surface area (Å²) in [5.74, 6) is 0.0448. The van der Waals surface area contributed by atoms with E-state index < -0.39 is 39.2 Å². The number of amides is 2. The minimum Gasteiger partial charge on any atom is -0.493 e. The van der Waals surface area contributed by atoms with Crippen molar-refractivity contribution in [1.82, 2.24) is 4.72 Å². The maximum atomic E-state index is 12.7. The highest BCUT2D eigenvalue weighted by Crippen LogP contribution is 2.38. The molecule has 2 atom stereocenters. The molecule has 3 aromatic rings. The van der Waals surface area contributed by atoms with Crippen LogP contribution in [0.15, 0.2) is 66.7 Å². The second-order valence-electron chi connectivity index (χ2n) is 10.4. The van der Waals surface area contributed by atoms with E-state index in [0.29, 0.717) is 16.9 Å². The van der Waals surface area contributed by atoms with Gasteiger partial charge in [-0.2, -0.15) is 0 Å². The second-order valence-corrected chi connectivity index (χ2v) is 12.2. The Balaban J connectivity index is 1.44. The van der Waals surface area contributed by atoms with Crippen molar-refractivity contribution in [2.75, 3.05) is 12.9 Å². The quantitative estimate of drug-likeness (QED) is 0.195. The molecule has 1 aliphatic carbocycles. The molecule has 1 unspecified atom stereocenters. The number of non-ortho nitro benzene ring substituents is 1. The van der Waals surface area contributed by atoms with E-state index in [0.717, 1.165) is 48.6 Å². The molecule has 0 radical (unpaired) electrons. The number of carbonyl (C=O) groups is 2. The fourth-order valence-electron chi connectivity index (χ4n) is 5.22. The van der Waals surface area contributed by atoms with Crippen molar-refractivity contribution in [2.45, 2.75) is 50.2 Å². The van der Waals surface area contributed by atoms with Crippen LogP contribution in [0.4, 0.5) is 10.5 Å². The van der Waals surface area contributed by atoms with Crippen LogP contribution in [0.5, 0.6) is 5.75 Å². The molecule has 0 heterocycles. The molecule has 12 nitrogen and oxygen atoms in total. The van der Waals surface area contributed by atoms with E-state index in [1.54, 1.807) is 24.3 Å². The third kappa shape index (κ3) is 8.52.